The maximum Gasteiger partial charge on any atom is 0.0899 e. The van der Waals surface area contributed by atoms with E-state index in [1.807, 2.05) is 31.2 Å². The molecule has 3 fully saturated rings. The number of fused-ring (bicyclic) bond motifs is 3. The Balaban J connectivity index is 1.87. The zero-order valence-electron chi connectivity index (χ0n) is 10.9. The zero-order valence-corrected chi connectivity index (χ0v) is 11.7. The highest BCUT2D eigenvalue weighted by molar-refractivity contribution is 6.30. The van der Waals surface area contributed by atoms with E-state index in [0.717, 1.165) is 16.5 Å². The lowest BCUT2D eigenvalue weighted by atomic mass is 9.59. The number of benzene rings is 1. The second kappa shape index (κ2) is 4.54. The molecule has 0 aromatic heterocycles. The Morgan fingerprint density at radius 3 is 2.22 bits per heavy atom. The van der Waals surface area contributed by atoms with Crippen LogP contribution >= 0.6 is 11.6 Å². The summed E-state index contributed by atoms with van der Waals surface area (Å²) in [6.07, 6.45) is 6.55. The van der Waals surface area contributed by atoms with Gasteiger partial charge in [-0.25, -0.2) is 0 Å². The Bertz CT molecular complexity index is 415. The number of rotatable bonds is 2. The molecule has 2 bridgehead atoms. The first-order chi connectivity index (χ1) is 8.57. The average molecular weight is 265 g/mol. The molecule has 1 aromatic carbocycles. The van der Waals surface area contributed by atoms with Crippen molar-refractivity contribution in [3.63, 3.8) is 0 Å². The smallest absolute Gasteiger partial charge is 0.0899 e. The molecule has 98 valence electrons. The molecule has 3 aliphatic carbocycles. The third-order valence-corrected chi connectivity index (χ3v) is 5.45. The summed E-state index contributed by atoms with van der Waals surface area (Å²) >= 11 is 5.93. The molecule has 1 aromatic rings. The molecular formula is C16H21ClO. The molecule has 18 heavy (non-hydrogen) atoms. The molecular weight excluding hydrogens is 244 g/mol. The number of aliphatic hydroxyl groups is 1. The van der Waals surface area contributed by atoms with E-state index >= 15 is 0 Å². The number of hydrogen-bond donors (Lipinski definition) is 1. The first-order valence-corrected chi connectivity index (χ1v) is 7.43. The van der Waals surface area contributed by atoms with Crippen molar-refractivity contribution in [1.29, 1.82) is 0 Å². The van der Waals surface area contributed by atoms with E-state index in [9.17, 15) is 5.11 Å². The normalized spacial score (nSPS) is 34.3. The van der Waals surface area contributed by atoms with Gasteiger partial charge in [-0.15, -0.1) is 0 Å². The highest BCUT2D eigenvalue weighted by Crippen LogP contribution is 2.51. The maximum absolute atomic E-state index is 11.0. The molecule has 1 N–H and O–H groups in total. The fourth-order valence-electron chi connectivity index (χ4n) is 4.07. The SMILES string of the molecule is C[C@@](O)(c1ccc(Cl)cc1)[C@H]1CC2CCC1CC2. The van der Waals surface area contributed by atoms with Crippen molar-refractivity contribution in [3.8, 4) is 0 Å². The highest BCUT2D eigenvalue weighted by Gasteiger charge is 2.45. The Kier molecular flexibility index (Phi) is 3.15. The summed E-state index contributed by atoms with van der Waals surface area (Å²) in [5.74, 6) is 1.98. The van der Waals surface area contributed by atoms with Gasteiger partial charge in [-0.3, -0.25) is 0 Å². The minimum absolute atomic E-state index is 0.422. The molecule has 0 unspecified atom stereocenters. The van der Waals surface area contributed by atoms with Crippen molar-refractivity contribution >= 4 is 11.6 Å². The van der Waals surface area contributed by atoms with Gasteiger partial charge >= 0.3 is 0 Å². The third kappa shape index (κ3) is 2.08. The van der Waals surface area contributed by atoms with Crippen LogP contribution in [0.5, 0.6) is 0 Å². The van der Waals surface area contributed by atoms with Crippen LogP contribution in [0.25, 0.3) is 0 Å². The van der Waals surface area contributed by atoms with E-state index in [0.29, 0.717) is 11.8 Å². The van der Waals surface area contributed by atoms with E-state index in [1.165, 1.54) is 32.1 Å². The van der Waals surface area contributed by atoms with Crippen molar-refractivity contribution in [2.45, 2.75) is 44.6 Å². The molecule has 0 amide bonds. The summed E-state index contributed by atoms with van der Waals surface area (Å²) in [4.78, 5) is 0. The van der Waals surface area contributed by atoms with Gasteiger partial charge in [0, 0.05) is 5.02 Å². The first kappa shape index (κ1) is 12.5. The van der Waals surface area contributed by atoms with Gasteiger partial charge in [0.05, 0.1) is 5.60 Å². The minimum atomic E-state index is -0.700. The molecule has 0 saturated heterocycles. The van der Waals surface area contributed by atoms with Gasteiger partial charge in [0.1, 0.15) is 0 Å². The summed E-state index contributed by atoms with van der Waals surface area (Å²) < 4.78 is 0. The number of hydrogen-bond acceptors (Lipinski definition) is 1. The van der Waals surface area contributed by atoms with Gasteiger partial charge in [-0.1, -0.05) is 36.6 Å². The molecule has 4 rings (SSSR count). The fraction of sp³-hybridized carbons (Fsp3) is 0.625. The second-order valence-electron chi connectivity index (χ2n) is 6.28. The van der Waals surface area contributed by atoms with Gasteiger partial charge in [0.15, 0.2) is 0 Å². The minimum Gasteiger partial charge on any atom is -0.385 e. The molecule has 1 nitrogen and oxygen atoms in total. The van der Waals surface area contributed by atoms with Crippen LogP contribution in [0.4, 0.5) is 0 Å². The van der Waals surface area contributed by atoms with E-state index in [2.05, 4.69) is 0 Å². The van der Waals surface area contributed by atoms with Crippen molar-refractivity contribution in [3.05, 3.63) is 34.9 Å². The Morgan fingerprint density at radius 2 is 1.72 bits per heavy atom. The lowest BCUT2D eigenvalue weighted by Gasteiger charge is -2.48. The number of halogens is 1. The standard InChI is InChI=1S/C16H21ClO/c1-16(18,13-6-8-14(17)9-7-13)15-10-11-2-4-12(15)5-3-11/h6-9,11-12,15,18H,2-5,10H2,1H3/t11?,12?,15-,16+/m0/s1. The van der Waals surface area contributed by atoms with Gasteiger partial charge in [0.2, 0.25) is 0 Å². The molecule has 2 atom stereocenters. The summed E-state index contributed by atoms with van der Waals surface area (Å²) in [5, 5.41) is 11.7. The van der Waals surface area contributed by atoms with Crippen LogP contribution in [-0.4, -0.2) is 5.11 Å². The predicted molar refractivity (Wildman–Crippen MR) is 74.6 cm³/mol. The largest absolute Gasteiger partial charge is 0.385 e. The zero-order chi connectivity index (χ0) is 12.8. The molecule has 3 aliphatic rings. The maximum atomic E-state index is 11.0. The Labute approximate surface area is 114 Å². The lowest BCUT2D eigenvalue weighted by Crippen LogP contribution is -2.43. The highest BCUT2D eigenvalue weighted by atomic mass is 35.5. The summed E-state index contributed by atoms with van der Waals surface area (Å²) in [5.41, 5.74) is 0.318. The van der Waals surface area contributed by atoms with Crippen molar-refractivity contribution in [1.82, 2.24) is 0 Å². The summed E-state index contributed by atoms with van der Waals surface area (Å²) in [6.45, 7) is 1.99. The van der Waals surface area contributed by atoms with Gasteiger partial charge in [-0.2, -0.15) is 0 Å². The summed E-state index contributed by atoms with van der Waals surface area (Å²) in [7, 11) is 0. The first-order valence-electron chi connectivity index (χ1n) is 7.06. The lowest BCUT2D eigenvalue weighted by molar-refractivity contribution is -0.0791. The van der Waals surface area contributed by atoms with Crippen LogP contribution in [0.1, 0.15) is 44.6 Å². The molecule has 0 spiro atoms. The van der Waals surface area contributed by atoms with Crippen LogP contribution in [0, 0.1) is 17.8 Å². The van der Waals surface area contributed by atoms with E-state index < -0.39 is 5.60 Å². The van der Waals surface area contributed by atoms with Gasteiger partial charge in [-0.05, 0) is 61.6 Å². The fourth-order valence-corrected chi connectivity index (χ4v) is 4.19. The van der Waals surface area contributed by atoms with Gasteiger partial charge in [0.25, 0.3) is 0 Å². The van der Waals surface area contributed by atoms with Crippen molar-refractivity contribution in [2.24, 2.45) is 17.8 Å². The van der Waals surface area contributed by atoms with Gasteiger partial charge < -0.3 is 5.11 Å². The molecule has 2 heteroatoms. The van der Waals surface area contributed by atoms with Crippen LogP contribution < -0.4 is 0 Å². The Morgan fingerprint density at radius 1 is 1.11 bits per heavy atom. The summed E-state index contributed by atoms with van der Waals surface area (Å²) in [6, 6.07) is 7.72. The quantitative estimate of drug-likeness (QED) is 0.841. The van der Waals surface area contributed by atoms with Crippen LogP contribution in [0.2, 0.25) is 5.02 Å². The van der Waals surface area contributed by atoms with E-state index in [1.54, 1.807) is 0 Å². The van der Waals surface area contributed by atoms with Crippen LogP contribution in [0.3, 0.4) is 0 Å². The van der Waals surface area contributed by atoms with E-state index in [4.69, 9.17) is 11.6 Å². The van der Waals surface area contributed by atoms with Crippen molar-refractivity contribution in [2.75, 3.05) is 0 Å². The molecule has 3 saturated carbocycles. The monoisotopic (exact) mass is 264 g/mol. The molecule has 0 radical (unpaired) electrons. The van der Waals surface area contributed by atoms with Crippen LogP contribution in [-0.2, 0) is 5.60 Å². The van der Waals surface area contributed by atoms with Crippen LogP contribution in [0.15, 0.2) is 24.3 Å². The average Bonchev–Trinajstić information content (AvgIpc) is 2.40. The Hall–Kier alpha value is -0.530. The van der Waals surface area contributed by atoms with E-state index in [-0.39, 0.29) is 0 Å². The third-order valence-electron chi connectivity index (χ3n) is 5.20. The molecule has 0 aliphatic heterocycles. The second-order valence-corrected chi connectivity index (χ2v) is 6.71. The molecule has 0 heterocycles. The topological polar surface area (TPSA) is 20.2 Å². The predicted octanol–water partition coefficient (Wildman–Crippen LogP) is 4.37. The van der Waals surface area contributed by atoms with Crippen molar-refractivity contribution < 1.29 is 5.11 Å².